The van der Waals surface area contributed by atoms with Crippen LogP contribution in [0.4, 0.5) is 5.95 Å². The monoisotopic (exact) mass is 705 g/mol. The third-order valence-corrected chi connectivity index (χ3v) is 9.08. The largest absolute Gasteiger partial charge is 0.383 e. The minimum atomic E-state index is 0.207. The van der Waals surface area contributed by atoms with Crippen LogP contribution in [-0.4, -0.2) is 103 Å². The zero-order valence-electron chi connectivity index (χ0n) is 28.2. The van der Waals surface area contributed by atoms with Crippen molar-refractivity contribution in [3.8, 4) is 22.5 Å². The Balaban J connectivity index is 0.000000150. The van der Waals surface area contributed by atoms with E-state index in [1.54, 1.807) is 20.5 Å². The molecule has 0 bridgehead atoms. The lowest BCUT2D eigenvalue weighted by Crippen LogP contribution is -2.37. The highest BCUT2D eigenvalue weighted by Gasteiger charge is 2.21. The highest BCUT2D eigenvalue weighted by atomic mass is 35.5. The minimum Gasteiger partial charge on any atom is -0.383 e. The number of benzene rings is 2. The van der Waals surface area contributed by atoms with E-state index in [0.29, 0.717) is 45.2 Å². The number of rotatable bonds is 9. The van der Waals surface area contributed by atoms with Gasteiger partial charge in [-0.1, -0.05) is 24.3 Å². The topological polar surface area (TPSA) is 150 Å². The number of aromatic amines is 2. The number of hydrogen-bond acceptors (Lipinski definition) is 10. The van der Waals surface area contributed by atoms with E-state index < -0.39 is 0 Å². The van der Waals surface area contributed by atoms with Crippen LogP contribution in [0.15, 0.2) is 73.6 Å². The van der Waals surface area contributed by atoms with Gasteiger partial charge in [0.05, 0.1) is 39.1 Å². The second-order valence-electron chi connectivity index (χ2n) is 12.1. The fraction of sp³-hybridized carbons (Fsp3) is 0.278. The van der Waals surface area contributed by atoms with Gasteiger partial charge in [0.1, 0.15) is 22.4 Å². The molecule has 0 aliphatic carbocycles. The van der Waals surface area contributed by atoms with Crippen LogP contribution in [-0.2, 0) is 27.3 Å². The quantitative estimate of drug-likeness (QED) is 0.178. The van der Waals surface area contributed by atoms with Gasteiger partial charge in [-0.15, -0.1) is 0 Å². The smallest absolute Gasteiger partial charge is 0.228 e. The summed E-state index contributed by atoms with van der Waals surface area (Å²) >= 11 is 6.13. The number of fused-ring (bicyclic) bond motifs is 4. The number of H-pyrrole nitrogens is 2. The molecular formula is C36H36ClN11O3. The molecule has 260 valence electrons. The number of nitrogens with zero attached hydrogens (tertiary/aromatic N) is 9. The third-order valence-electron chi connectivity index (χ3n) is 8.91. The average Bonchev–Trinajstić information content (AvgIpc) is 3.99. The van der Waals surface area contributed by atoms with Crippen LogP contribution in [0.2, 0.25) is 5.28 Å². The summed E-state index contributed by atoms with van der Waals surface area (Å²) in [5.41, 5.74) is 8.75. The van der Waals surface area contributed by atoms with Crippen molar-refractivity contribution in [1.29, 1.82) is 0 Å². The maximum Gasteiger partial charge on any atom is 0.228 e. The van der Waals surface area contributed by atoms with Gasteiger partial charge in [0.2, 0.25) is 11.2 Å². The van der Waals surface area contributed by atoms with Crippen molar-refractivity contribution < 1.29 is 14.2 Å². The van der Waals surface area contributed by atoms with Crippen molar-refractivity contribution >= 4 is 61.7 Å². The van der Waals surface area contributed by atoms with E-state index in [-0.39, 0.29) is 5.28 Å². The van der Waals surface area contributed by atoms with E-state index in [1.807, 2.05) is 52.1 Å². The van der Waals surface area contributed by atoms with Crippen LogP contribution < -0.4 is 4.90 Å². The molecule has 2 N–H and O–H groups in total. The fourth-order valence-corrected chi connectivity index (χ4v) is 6.42. The molecule has 8 aromatic rings. The number of imidazole rings is 2. The highest BCUT2D eigenvalue weighted by molar-refractivity contribution is 6.28. The van der Waals surface area contributed by atoms with E-state index in [0.717, 1.165) is 74.7 Å². The molecule has 0 amide bonds. The van der Waals surface area contributed by atoms with E-state index in [9.17, 15) is 0 Å². The van der Waals surface area contributed by atoms with Crippen molar-refractivity contribution in [2.75, 3.05) is 58.6 Å². The zero-order valence-corrected chi connectivity index (χ0v) is 29.0. The summed E-state index contributed by atoms with van der Waals surface area (Å²) in [6.45, 7) is 5.49. The molecule has 1 aliphatic rings. The predicted molar refractivity (Wildman–Crippen MR) is 197 cm³/mol. The summed E-state index contributed by atoms with van der Waals surface area (Å²) in [5.74, 6) is 0.719. The Hall–Kier alpha value is -5.41. The van der Waals surface area contributed by atoms with Gasteiger partial charge >= 0.3 is 0 Å². The fourth-order valence-electron chi connectivity index (χ4n) is 6.25. The molecule has 7 heterocycles. The van der Waals surface area contributed by atoms with Gasteiger partial charge in [0.15, 0.2) is 11.3 Å². The van der Waals surface area contributed by atoms with Crippen molar-refractivity contribution in [2.24, 2.45) is 0 Å². The Morgan fingerprint density at radius 3 is 1.82 bits per heavy atom. The SMILES string of the molecule is COCCn1cnc2c(-c3ccc4cc[nH]c4c3)nc(Cl)nc21.COCCn1cnc2c(-c3ccc4cc[nH]c4c3)nc(N3CCOCC3)nc21. The van der Waals surface area contributed by atoms with Gasteiger partial charge in [-0.25, -0.2) is 19.9 Å². The summed E-state index contributed by atoms with van der Waals surface area (Å²) in [6, 6.07) is 16.5. The maximum absolute atomic E-state index is 6.13. The van der Waals surface area contributed by atoms with Crippen molar-refractivity contribution in [3.05, 3.63) is 78.9 Å². The van der Waals surface area contributed by atoms with E-state index in [2.05, 4.69) is 59.1 Å². The molecule has 2 aromatic carbocycles. The molecule has 14 nitrogen and oxygen atoms in total. The van der Waals surface area contributed by atoms with Gasteiger partial charge in [-0.2, -0.15) is 9.97 Å². The van der Waals surface area contributed by atoms with Crippen molar-refractivity contribution in [1.82, 2.24) is 49.0 Å². The van der Waals surface area contributed by atoms with E-state index >= 15 is 0 Å². The standard InChI is InChI=1S/C20H22N6O2.C16H14ClN5O/c1-27-9-6-26-13-22-18-17(15-3-2-14-4-5-21-16(14)12-15)23-20(24-19(18)26)25-7-10-28-11-8-25;1-23-7-6-22-9-19-14-13(20-16(17)21-15(14)22)11-3-2-10-4-5-18-12(10)8-11/h2-5,12-13,21H,6-11H2,1H3;2-5,8-9,18H,6-7H2,1H3. The summed E-state index contributed by atoms with van der Waals surface area (Å²) in [4.78, 5) is 36.2. The molecule has 0 unspecified atom stereocenters. The van der Waals surface area contributed by atoms with Gasteiger partial charge < -0.3 is 38.2 Å². The Morgan fingerprint density at radius 2 is 1.25 bits per heavy atom. The van der Waals surface area contributed by atoms with Gasteiger partial charge in [0.25, 0.3) is 0 Å². The first-order valence-corrected chi connectivity index (χ1v) is 17.0. The molecule has 15 heteroatoms. The molecule has 0 atom stereocenters. The van der Waals surface area contributed by atoms with Crippen LogP contribution in [0.25, 0.3) is 66.6 Å². The molecule has 6 aromatic heterocycles. The molecule has 1 aliphatic heterocycles. The van der Waals surface area contributed by atoms with E-state index in [1.165, 1.54) is 5.39 Å². The summed E-state index contributed by atoms with van der Waals surface area (Å²) in [6.07, 6.45) is 7.42. The maximum atomic E-state index is 6.13. The lowest BCUT2D eigenvalue weighted by molar-refractivity contribution is 0.122. The number of aromatic nitrogens is 10. The molecule has 51 heavy (non-hydrogen) atoms. The summed E-state index contributed by atoms with van der Waals surface area (Å²) in [5, 5.41) is 2.53. The number of morpholine rings is 1. The normalized spacial score (nSPS) is 13.4. The average molecular weight is 706 g/mol. The number of halogens is 1. The van der Waals surface area contributed by atoms with Crippen molar-refractivity contribution in [2.45, 2.75) is 13.1 Å². The summed E-state index contributed by atoms with van der Waals surface area (Å²) in [7, 11) is 3.36. The van der Waals surface area contributed by atoms with Crippen LogP contribution in [0.1, 0.15) is 0 Å². The third kappa shape index (κ3) is 6.61. The Bertz CT molecular complexity index is 2440. The molecule has 1 fully saturated rings. The molecular weight excluding hydrogens is 670 g/mol. The number of ether oxygens (including phenoxy) is 3. The molecule has 1 saturated heterocycles. The molecule has 0 spiro atoms. The lowest BCUT2D eigenvalue weighted by atomic mass is 10.1. The highest BCUT2D eigenvalue weighted by Crippen LogP contribution is 2.31. The van der Waals surface area contributed by atoms with Gasteiger partial charge in [0, 0.05) is 75.0 Å². The van der Waals surface area contributed by atoms with Gasteiger partial charge in [-0.3, -0.25) is 0 Å². The molecule has 9 rings (SSSR count). The zero-order chi connectivity index (χ0) is 34.7. The first kappa shape index (κ1) is 32.8. The van der Waals surface area contributed by atoms with Crippen LogP contribution in [0.3, 0.4) is 0 Å². The number of hydrogen-bond donors (Lipinski definition) is 2. The first-order valence-electron chi connectivity index (χ1n) is 16.7. The lowest BCUT2D eigenvalue weighted by Gasteiger charge is -2.27. The predicted octanol–water partition coefficient (Wildman–Crippen LogP) is 5.73. The van der Waals surface area contributed by atoms with Gasteiger partial charge in [-0.05, 0) is 46.6 Å². The number of anilines is 1. The summed E-state index contributed by atoms with van der Waals surface area (Å²) < 4.78 is 19.8. The Morgan fingerprint density at radius 1 is 0.706 bits per heavy atom. The molecule has 0 radical (unpaired) electrons. The second kappa shape index (κ2) is 14.4. The Kier molecular flexibility index (Phi) is 9.28. The molecule has 0 saturated carbocycles. The minimum absolute atomic E-state index is 0.207. The van der Waals surface area contributed by atoms with Crippen LogP contribution >= 0.6 is 11.6 Å². The van der Waals surface area contributed by atoms with E-state index in [4.69, 9.17) is 35.8 Å². The first-order chi connectivity index (χ1) is 25.1. The number of nitrogens with one attached hydrogen (secondary N) is 2. The van der Waals surface area contributed by atoms with Crippen molar-refractivity contribution in [3.63, 3.8) is 0 Å². The van der Waals surface area contributed by atoms with Crippen LogP contribution in [0, 0.1) is 0 Å². The number of methoxy groups -OCH3 is 2. The Labute approximate surface area is 297 Å². The van der Waals surface area contributed by atoms with Crippen LogP contribution in [0.5, 0.6) is 0 Å². The second-order valence-corrected chi connectivity index (χ2v) is 12.4.